The van der Waals surface area contributed by atoms with Crippen LogP contribution in [0.15, 0.2) is 36.7 Å². The molecule has 0 unspecified atom stereocenters. The highest BCUT2D eigenvalue weighted by atomic mass is 35.5. The lowest BCUT2D eigenvalue weighted by Gasteiger charge is -2.08. The zero-order valence-electron chi connectivity index (χ0n) is 10.5. The zero-order chi connectivity index (χ0) is 14.8. The monoisotopic (exact) mass is 321 g/mol. The summed E-state index contributed by atoms with van der Waals surface area (Å²) in [5, 5.41) is 8.00. The Labute approximate surface area is 129 Å². The lowest BCUT2D eigenvalue weighted by Crippen LogP contribution is -2.09. The first-order valence-corrected chi connectivity index (χ1v) is 6.61. The van der Waals surface area contributed by atoms with Gasteiger partial charge in [0, 0.05) is 17.4 Å². The van der Waals surface area contributed by atoms with E-state index in [9.17, 15) is 0 Å². The second-order valence-corrected chi connectivity index (χ2v) is 4.86. The third-order valence-electron chi connectivity index (χ3n) is 2.53. The molecule has 0 saturated carbocycles. The second-order valence-electron chi connectivity index (χ2n) is 4.02. The van der Waals surface area contributed by atoms with Crippen molar-refractivity contribution < 1.29 is 0 Å². The molecular formula is C12H9Cl2N7. The molecule has 0 aliphatic rings. The SMILES string of the molecule is Nc1nc(Nc2ccc(Cl)cc2Cl)nc(-n2cccn2)n1. The van der Waals surface area contributed by atoms with E-state index >= 15 is 0 Å². The molecule has 3 aromatic rings. The normalized spacial score (nSPS) is 10.6. The summed E-state index contributed by atoms with van der Waals surface area (Å²) < 4.78 is 1.48. The van der Waals surface area contributed by atoms with Gasteiger partial charge in [-0.1, -0.05) is 23.2 Å². The van der Waals surface area contributed by atoms with Gasteiger partial charge < -0.3 is 11.1 Å². The van der Waals surface area contributed by atoms with Crippen LogP contribution in [0.4, 0.5) is 17.6 Å². The van der Waals surface area contributed by atoms with Gasteiger partial charge in [0.25, 0.3) is 5.95 Å². The summed E-state index contributed by atoms with van der Waals surface area (Å²) >= 11 is 11.9. The van der Waals surface area contributed by atoms with E-state index in [2.05, 4.69) is 25.4 Å². The molecule has 0 bridgehead atoms. The molecule has 0 fully saturated rings. The van der Waals surface area contributed by atoms with Gasteiger partial charge in [-0.2, -0.15) is 20.1 Å². The minimum absolute atomic E-state index is 0.0723. The van der Waals surface area contributed by atoms with Crippen molar-refractivity contribution in [1.29, 1.82) is 0 Å². The quantitative estimate of drug-likeness (QED) is 0.770. The number of aromatic nitrogens is 5. The first-order valence-electron chi connectivity index (χ1n) is 5.85. The first kappa shape index (κ1) is 13.6. The summed E-state index contributed by atoms with van der Waals surface area (Å²) in [5.41, 5.74) is 6.29. The topological polar surface area (TPSA) is 94.5 Å². The van der Waals surface area contributed by atoms with Gasteiger partial charge in [-0.05, 0) is 24.3 Å². The number of hydrogen-bond acceptors (Lipinski definition) is 6. The molecule has 1 aromatic carbocycles. The van der Waals surface area contributed by atoms with Crippen LogP contribution in [0.3, 0.4) is 0 Å². The molecule has 7 nitrogen and oxygen atoms in total. The van der Waals surface area contributed by atoms with Crippen molar-refractivity contribution in [2.24, 2.45) is 0 Å². The van der Waals surface area contributed by atoms with Crippen molar-refractivity contribution in [3.63, 3.8) is 0 Å². The van der Waals surface area contributed by atoms with E-state index < -0.39 is 0 Å². The van der Waals surface area contributed by atoms with Gasteiger partial charge in [-0.15, -0.1) is 0 Å². The molecule has 0 amide bonds. The molecule has 106 valence electrons. The molecular weight excluding hydrogens is 313 g/mol. The summed E-state index contributed by atoms with van der Waals surface area (Å²) in [6, 6.07) is 6.79. The molecule has 9 heteroatoms. The number of nitrogens with one attached hydrogen (secondary N) is 1. The Morgan fingerprint density at radius 3 is 2.71 bits per heavy atom. The zero-order valence-corrected chi connectivity index (χ0v) is 12.0. The van der Waals surface area contributed by atoms with Crippen molar-refractivity contribution in [3.05, 3.63) is 46.7 Å². The van der Waals surface area contributed by atoms with Crippen molar-refractivity contribution in [3.8, 4) is 5.95 Å². The second kappa shape index (κ2) is 5.55. The smallest absolute Gasteiger partial charge is 0.257 e. The van der Waals surface area contributed by atoms with E-state index in [1.54, 1.807) is 36.7 Å². The Hall–Kier alpha value is -2.38. The molecule has 3 N–H and O–H groups in total. The molecule has 21 heavy (non-hydrogen) atoms. The van der Waals surface area contributed by atoms with E-state index in [1.807, 2.05) is 0 Å². The number of rotatable bonds is 3. The highest BCUT2D eigenvalue weighted by Crippen LogP contribution is 2.27. The molecule has 0 spiro atoms. The average Bonchev–Trinajstić information content (AvgIpc) is 2.95. The highest BCUT2D eigenvalue weighted by Gasteiger charge is 2.08. The van der Waals surface area contributed by atoms with Crippen molar-refractivity contribution in [1.82, 2.24) is 24.7 Å². The minimum atomic E-state index is 0.0723. The van der Waals surface area contributed by atoms with Gasteiger partial charge in [0.1, 0.15) is 0 Å². The van der Waals surface area contributed by atoms with Crippen molar-refractivity contribution in [2.75, 3.05) is 11.1 Å². The number of anilines is 3. The fourth-order valence-electron chi connectivity index (χ4n) is 1.64. The number of nitrogens with zero attached hydrogens (tertiary/aromatic N) is 5. The van der Waals surface area contributed by atoms with Crippen LogP contribution < -0.4 is 11.1 Å². The molecule has 0 aliphatic carbocycles. The summed E-state index contributed by atoms with van der Waals surface area (Å²) in [6.45, 7) is 0. The Morgan fingerprint density at radius 2 is 2.00 bits per heavy atom. The van der Waals surface area contributed by atoms with Crippen LogP contribution >= 0.6 is 23.2 Å². The van der Waals surface area contributed by atoms with Crippen LogP contribution in [0.1, 0.15) is 0 Å². The molecule has 0 saturated heterocycles. The third kappa shape index (κ3) is 3.04. The van der Waals surface area contributed by atoms with Gasteiger partial charge in [-0.25, -0.2) is 4.68 Å². The average molecular weight is 322 g/mol. The van der Waals surface area contributed by atoms with Gasteiger partial charge >= 0.3 is 0 Å². The lowest BCUT2D eigenvalue weighted by atomic mass is 10.3. The number of halogens is 2. The fourth-order valence-corrected chi connectivity index (χ4v) is 2.09. The maximum atomic E-state index is 6.09. The number of nitrogen functional groups attached to an aromatic ring is 1. The molecule has 0 aliphatic heterocycles. The molecule has 2 heterocycles. The van der Waals surface area contributed by atoms with Crippen LogP contribution in [0.2, 0.25) is 10.0 Å². The largest absolute Gasteiger partial charge is 0.368 e. The summed E-state index contributed by atoms with van der Waals surface area (Å²) in [6.07, 6.45) is 3.32. The molecule has 0 atom stereocenters. The third-order valence-corrected chi connectivity index (χ3v) is 3.08. The van der Waals surface area contributed by atoms with Crippen LogP contribution in [0.5, 0.6) is 0 Å². The summed E-state index contributed by atoms with van der Waals surface area (Å²) in [7, 11) is 0. The van der Waals surface area contributed by atoms with E-state index in [0.717, 1.165) is 0 Å². The van der Waals surface area contributed by atoms with Gasteiger partial charge in [0.2, 0.25) is 11.9 Å². The highest BCUT2D eigenvalue weighted by molar-refractivity contribution is 6.36. The molecule has 3 rings (SSSR count). The Balaban J connectivity index is 1.95. The van der Waals surface area contributed by atoms with E-state index in [-0.39, 0.29) is 11.9 Å². The number of nitrogens with two attached hydrogens (primary N) is 1. The lowest BCUT2D eigenvalue weighted by molar-refractivity contribution is 0.801. The van der Waals surface area contributed by atoms with E-state index in [0.29, 0.717) is 21.7 Å². The standard InChI is InChI=1S/C12H9Cl2N7/c13-7-2-3-9(8(14)6-7)17-11-18-10(15)19-12(20-11)21-5-1-4-16-21/h1-6H,(H3,15,17,18,19,20). The maximum absolute atomic E-state index is 6.09. The summed E-state index contributed by atoms with van der Waals surface area (Å²) in [5.74, 6) is 0.639. The number of hydrogen-bond donors (Lipinski definition) is 2. The Morgan fingerprint density at radius 1 is 1.14 bits per heavy atom. The van der Waals surface area contributed by atoms with Crippen LogP contribution in [0, 0.1) is 0 Å². The Bertz CT molecular complexity index is 773. The Kier molecular flexibility index (Phi) is 3.59. The predicted molar refractivity (Wildman–Crippen MR) is 81.1 cm³/mol. The number of benzene rings is 1. The fraction of sp³-hybridized carbons (Fsp3) is 0. The minimum Gasteiger partial charge on any atom is -0.368 e. The van der Waals surface area contributed by atoms with Gasteiger partial charge in [0.15, 0.2) is 0 Å². The van der Waals surface area contributed by atoms with E-state index in [1.165, 1.54) is 4.68 Å². The van der Waals surface area contributed by atoms with Gasteiger partial charge in [0.05, 0.1) is 10.7 Å². The van der Waals surface area contributed by atoms with Crippen molar-refractivity contribution >= 4 is 40.8 Å². The predicted octanol–water partition coefficient (Wildman–Crippen LogP) is 2.69. The molecule has 0 radical (unpaired) electrons. The van der Waals surface area contributed by atoms with Gasteiger partial charge in [-0.3, -0.25) is 0 Å². The van der Waals surface area contributed by atoms with E-state index in [4.69, 9.17) is 28.9 Å². The molecule has 2 aromatic heterocycles. The maximum Gasteiger partial charge on any atom is 0.257 e. The van der Waals surface area contributed by atoms with Crippen LogP contribution in [-0.2, 0) is 0 Å². The first-order chi connectivity index (χ1) is 10.1. The van der Waals surface area contributed by atoms with Crippen LogP contribution in [0.25, 0.3) is 5.95 Å². The van der Waals surface area contributed by atoms with Crippen LogP contribution in [-0.4, -0.2) is 24.7 Å². The van der Waals surface area contributed by atoms with Crippen molar-refractivity contribution in [2.45, 2.75) is 0 Å². The summed E-state index contributed by atoms with van der Waals surface area (Å²) in [4.78, 5) is 12.3.